The third kappa shape index (κ3) is 3.21. The second kappa shape index (κ2) is 8.07. The number of carbonyl (C=O) groups is 2. The number of likely N-dealkylation sites (tertiary alicyclic amines) is 1. The highest BCUT2D eigenvalue weighted by Gasteiger charge is 2.59. The Labute approximate surface area is 186 Å². The molecule has 7 heteroatoms. The molecule has 3 aromatic rings. The highest BCUT2D eigenvalue weighted by atomic mass is 16.5. The fourth-order valence-corrected chi connectivity index (χ4v) is 5.07. The molecule has 1 saturated heterocycles. The van der Waals surface area contributed by atoms with Crippen molar-refractivity contribution in [3.63, 3.8) is 0 Å². The second-order valence-corrected chi connectivity index (χ2v) is 8.18. The van der Waals surface area contributed by atoms with Crippen molar-refractivity contribution in [2.24, 2.45) is 0 Å². The predicted molar refractivity (Wildman–Crippen MR) is 119 cm³/mol. The van der Waals surface area contributed by atoms with E-state index in [1.54, 1.807) is 25.7 Å². The maximum absolute atomic E-state index is 13.4. The van der Waals surface area contributed by atoms with Crippen LogP contribution < -0.4 is 10.1 Å². The molecule has 1 N–H and O–H groups in total. The van der Waals surface area contributed by atoms with E-state index in [4.69, 9.17) is 4.74 Å². The number of para-hydroxylation sites is 1. The normalized spacial score (nSPS) is 21.5. The Morgan fingerprint density at radius 2 is 2.09 bits per heavy atom. The third-order valence-corrected chi connectivity index (χ3v) is 6.53. The number of hydrogen-bond acceptors (Lipinski definition) is 5. The van der Waals surface area contributed by atoms with Crippen molar-refractivity contribution < 1.29 is 14.3 Å². The molecule has 7 nitrogen and oxygen atoms in total. The Morgan fingerprint density at radius 3 is 2.91 bits per heavy atom. The van der Waals surface area contributed by atoms with Crippen molar-refractivity contribution in [3.05, 3.63) is 83.9 Å². The summed E-state index contributed by atoms with van der Waals surface area (Å²) in [7, 11) is 1.62. The van der Waals surface area contributed by atoms with Crippen LogP contribution in [0.25, 0.3) is 0 Å². The number of nitrogens with one attached hydrogen (secondary N) is 1. The number of rotatable bonds is 5. The monoisotopic (exact) mass is 428 g/mol. The van der Waals surface area contributed by atoms with Gasteiger partial charge in [-0.15, -0.1) is 0 Å². The molecular formula is C25H24N4O3. The number of benzene rings is 2. The van der Waals surface area contributed by atoms with Crippen molar-refractivity contribution in [1.82, 2.24) is 14.9 Å². The van der Waals surface area contributed by atoms with Crippen molar-refractivity contribution in [1.29, 1.82) is 0 Å². The van der Waals surface area contributed by atoms with Gasteiger partial charge in [0.15, 0.2) is 0 Å². The lowest BCUT2D eigenvalue weighted by Gasteiger charge is -2.34. The Bertz CT molecular complexity index is 1170. The molecule has 5 rings (SSSR count). The molecule has 3 heterocycles. The number of aromatic nitrogens is 2. The number of methoxy groups -OCH3 is 1. The van der Waals surface area contributed by atoms with Gasteiger partial charge in [-0.1, -0.05) is 30.3 Å². The zero-order valence-corrected chi connectivity index (χ0v) is 17.8. The van der Waals surface area contributed by atoms with Gasteiger partial charge in [-0.2, -0.15) is 0 Å². The topological polar surface area (TPSA) is 84.4 Å². The zero-order chi connectivity index (χ0) is 22.1. The van der Waals surface area contributed by atoms with Crippen molar-refractivity contribution in [2.75, 3.05) is 19.0 Å². The average Bonchev–Trinajstić information content (AvgIpc) is 3.37. The van der Waals surface area contributed by atoms with Crippen LogP contribution in [0, 0.1) is 0 Å². The molecule has 0 radical (unpaired) electrons. The number of aryl methyl sites for hydroxylation is 1. The van der Waals surface area contributed by atoms with E-state index in [1.165, 1.54) is 0 Å². The molecule has 2 atom stereocenters. The molecule has 162 valence electrons. The van der Waals surface area contributed by atoms with Crippen LogP contribution in [0.15, 0.2) is 67.1 Å². The Kier molecular flexibility index (Phi) is 5.09. The first-order chi connectivity index (χ1) is 15.6. The van der Waals surface area contributed by atoms with Crippen LogP contribution in [-0.4, -0.2) is 40.3 Å². The first-order valence-electron chi connectivity index (χ1n) is 10.7. The summed E-state index contributed by atoms with van der Waals surface area (Å²) in [6.07, 6.45) is 6.30. The van der Waals surface area contributed by atoms with E-state index in [-0.39, 0.29) is 11.8 Å². The van der Waals surface area contributed by atoms with E-state index in [0.29, 0.717) is 31.6 Å². The molecule has 2 aliphatic rings. The highest BCUT2D eigenvalue weighted by Crippen LogP contribution is 2.55. The van der Waals surface area contributed by atoms with Gasteiger partial charge in [0.1, 0.15) is 11.2 Å². The number of fused-ring (bicyclic) bond motifs is 2. The lowest BCUT2D eigenvalue weighted by atomic mass is 9.72. The number of nitrogens with zero attached hydrogens (tertiary/aromatic N) is 3. The summed E-state index contributed by atoms with van der Waals surface area (Å²) in [5.41, 5.74) is 2.60. The summed E-state index contributed by atoms with van der Waals surface area (Å²) < 4.78 is 5.44. The van der Waals surface area contributed by atoms with Crippen molar-refractivity contribution >= 4 is 17.5 Å². The molecule has 2 aliphatic heterocycles. The summed E-state index contributed by atoms with van der Waals surface area (Å²) in [4.78, 5) is 37.1. The molecule has 0 unspecified atom stereocenters. The number of carbonyl (C=O) groups excluding carboxylic acids is 2. The maximum atomic E-state index is 13.4. The van der Waals surface area contributed by atoms with Gasteiger partial charge in [-0.3, -0.25) is 19.6 Å². The predicted octanol–water partition coefficient (Wildman–Crippen LogP) is 3.28. The highest BCUT2D eigenvalue weighted by molar-refractivity contribution is 6.07. The van der Waals surface area contributed by atoms with Gasteiger partial charge in [-0.25, -0.2) is 0 Å². The second-order valence-electron chi connectivity index (χ2n) is 8.18. The van der Waals surface area contributed by atoms with Crippen LogP contribution in [0.4, 0.5) is 5.69 Å². The lowest BCUT2D eigenvalue weighted by molar-refractivity contribution is -0.133. The van der Waals surface area contributed by atoms with Crippen LogP contribution in [0.2, 0.25) is 0 Å². The minimum Gasteiger partial charge on any atom is -0.497 e. The zero-order valence-electron chi connectivity index (χ0n) is 17.8. The van der Waals surface area contributed by atoms with Gasteiger partial charge in [0, 0.05) is 37.2 Å². The molecule has 1 spiro atoms. The van der Waals surface area contributed by atoms with Gasteiger partial charge < -0.3 is 15.0 Å². The number of ether oxygens (including phenoxy) is 1. The Balaban J connectivity index is 1.54. The van der Waals surface area contributed by atoms with E-state index in [9.17, 15) is 9.59 Å². The van der Waals surface area contributed by atoms with Crippen LogP contribution in [0.5, 0.6) is 5.75 Å². The minimum atomic E-state index is -0.828. The van der Waals surface area contributed by atoms with Crippen molar-refractivity contribution in [2.45, 2.75) is 30.7 Å². The quantitative estimate of drug-likeness (QED) is 0.674. The fraction of sp³-hybridized carbons (Fsp3) is 0.280. The molecule has 2 amide bonds. The summed E-state index contributed by atoms with van der Waals surface area (Å²) in [6.45, 7) is 0.503. The molecule has 0 bridgehead atoms. The van der Waals surface area contributed by atoms with E-state index in [1.807, 2.05) is 53.4 Å². The first-order valence-corrected chi connectivity index (χ1v) is 10.7. The first kappa shape index (κ1) is 20.2. The lowest BCUT2D eigenvalue weighted by Crippen LogP contribution is -2.42. The Hall–Kier alpha value is -3.74. The third-order valence-electron chi connectivity index (χ3n) is 6.53. The van der Waals surface area contributed by atoms with Crippen molar-refractivity contribution in [3.8, 4) is 5.75 Å². The number of anilines is 1. The minimum absolute atomic E-state index is 0.00229. The van der Waals surface area contributed by atoms with Crippen LogP contribution >= 0.6 is 0 Å². The number of hydrogen-bond donors (Lipinski definition) is 1. The summed E-state index contributed by atoms with van der Waals surface area (Å²) in [5.74, 6) is 0.636. The van der Waals surface area contributed by atoms with Crippen LogP contribution in [0.3, 0.4) is 0 Å². The van der Waals surface area contributed by atoms with E-state index >= 15 is 0 Å². The fourth-order valence-electron chi connectivity index (χ4n) is 5.07. The van der Waals surface area contributed by atoms with Gasteiger partial charge >= 0.3 is 0 Å². The van der Waals surface area contributed by atoms with Gasteiger partial charge in [-0.05, 0) is 42.2 Å². The largest absolute Gasteiger partial charge is 0.497 e. The van der Waals surface area contributed by atoms with Gasteiger partial charge in [0.05, 0.1) is 18.8 Å². The summed E-state index contributed by atoms with van der Waals surface area (Å²) >= 11 is 0. The van der Waals surface area contributed by atoms with Crippen LogP contribution in [0.1, 0.15) is 35.7 Å². The van der Waals surface area contributed by atoms with Crippen LogP contribution in [-0.2, 0) is 21.4 Å². The van der Waals surface area contributed by atoms with E-state index in [0.717, 1.165) is 22.5 Å². The average molecular weight is 428 g/mol. The molecule has 0 aliphatic carbocycles. The smallest absolute Gasteiger partial charge is 0.237 e. The summed E-state index contributed by atoms with van der Waals surface area (Å²) in [5, 5.41) is 3.05. The van der Waals surface area contributed by atoms with Gasteiger partial charge in [0.2, 0.25) is 11.8 Å². The molecule has 1 fully saturated rings. The summed E-state index contributed by atoms with van der Waals surface area (Å²) in [6, 6.07) is 15.0. The molecule has 1 aromatic heterocycles. The van der Waals surface area contributed by atoms with E-state index in [2.05, 4.69) is 15.3 Å². The number of amides is 2. The molecule has 2 aromatic carbocycles. The standard InChI is InChI=1S/C25H24N4O3/c1-32-19-6-4-5-17(15-19)23-25(20-7-2-3-8-21(20)28-24(25)31)11-14-29(23)22(30)10-9-18-16-26-12-13-27-18/h2-8,12-13,15-16,23H,9-11,14H2,1H3,(H,28,31)/t23-,25+/m0/s1. The Morgan fingerprint density at radius 1 is 1.22 bits per heavy atom. The SMILES string of the molecule is COc1cccc([C@@H]2N(C(=O)CCc3cnccn3)CC[C@]23C(=O)Nc2ccccc23)c1. The van der Waals surface area contributed by atoms with Gasteiger partial charge in [0.25, 0.3) is 0 Å². The molecular weight excluding hydrogens is 404 g/mol. The maximum Gasteiger partial charge on any atom is 0.237 e. The molecule has 0 saturated carbocycles. The van der Waals surface area contributed by atoms with E-state index < -0.39 is 11.5 Å². The molecule has 32 heavy (non-hydrogen) atoms.